The first-order valence-electron chi connectivity index (χ1n) is 5.47. The first kappa shape index (κ1) is 8.33. The summed E-state index contributed by atoms with van der Waals surface area (Å²) >= 11 is 0. The third-order valence-corrected chi connectivity index (χ3v) is 3.39. The Morgan fingerprint density at radius 3 is 2.86 bits per heavy atom. The molecule has 0 unspecified atom stereocenters. The number of nitrogen functional groups attached to an aromatic ring is 1. The predicted molar refractivity (Wildman–Crippen MR) is 58.6 cm³/mol. The smallest absolute Gasteiger partial charge is 0.117 e. The van der Waals surface area contributed by atoms with Gasteiger partial charge in [0, 0.05) is 17.1 Å². The molecule has 1 aliphatic carbocycles. The van der Waals surface area contributed by atoms with Gasteiger partial charge in [0.05, 0.1) is 0 Å². The van der Waals surface area contributed by atoms with Crippen molar-refractivity contribution in [1.82, 2.24) is 4.98 Å². The van der Waals surface area contributed by atoms with Crippen LogP contribution in [0, 0.1) is 0 Å². The molecule has 2 aliphatic rings. The molecule has 0 amide bonds. The molecule has 1 aliphatic heterocycles. The fourth-order valence-corrected chi connectivity index (χ4v) is 2.64. The van der Waals surface area contributed by atoms with Crippen molar-refractivity contribution in [2.45, 2.75) is 38.3 Å². The molecular weight excluding hydrogens is 171 g/mol. The van der Waals surface area contributed by atoms with Crippen molar-refractivity contribution in [3.63, 3.8) is 0 Å². The van der Waals surface area contributed by atoms with Crippen LogP contribution in [0.1, 0.15) is 28.9 Å². The Morgan fingerprint density at radius 2 is 1.93 bits per heavy atom. The lowest BCUT2D eigenvalue weighted by molar-refractivity contribution is 0.892. The summed E-state index contributed by atoms with van der Waals surface area (Å²) in [6, 6.07) is 0. The van der Waals surface area contributed by atoms with Gasteiger partial charge in [-0.1, -0.05) is 6.32 Å². The predicted octanol–water partition coefficient (Wildman–Crippen LogP) is 1.33. The summed E-state index contributed by atoms with van der Waals surface area (Å²) in [5, 5.41) is 0. The molecule has 0 spiro atoms. The van der Waals surface area contributed by atoms with Gasteiger partial charge in [0.1, 0.15) is 7.28 Å². The second kappa shape index (κ2) is 3.01. The van der Waals surface area contributed by atoms with Gasteiger partial charge in [0.2, 0.25) is 0 Å². The van der Waals surface area contributed by atoms with Crippen molar-refractivity contribution in [2.75, 3.05) is 5.73 Å². The Morgan fingerprint density at radius 1 is 1.07 bits per heavy atom. The van der Waals surface area contributed by atoms with Crippen molar-refractivity contribution in [3.05, 3.63) is 22.5 Å². The van der Waals surface area contributed by atoms with Crippen LogP contribution in [-0.2, 0) is 25.6 Å². The summed E-state index contributed by atoms with van der Waals surface area (Å²) in [6.07, 6.45) is 6.79. The molecule has 2 N–H and O–H groups in total. The van der Waals surface area contributed by atoms with E-state index in [1.165, 1.54) is 28.9 Å². The molecule has 0 saturated carbocycles. The number of aryl methyl sites for hydroxylation is 1. The first-order valence-corrected chi connectivity index (χ1v) is 5.47. The zero-order valence-electron chi connectivity index (χ0n) is 8.34. The highest BCUT2D eigenvalue weighted by Crippen LogP contribution is 2.32. The van der Waals surface area contributed by atoms with E-state index in [1.807, 2.05) is 0 Å². The average molecular weight is 185 g/mol. The summed E-state index contributed by atoms with van der Waals surface area (Å²) < 4.78 is 0. The summed E-state index contributed by atoms with van der Waals surface area (Å²) in [5.41, 5.74) is 12.5. The normalized spacial score (nSPS) is 18.6. The molecule has 3 heteroatoms. The molecule has 0 aromatic carbocycles. The van der Waals surface area contributed by atoms with Crippen molar-refractivity contribution >= 4 is 13.0 Å². The van der Waals surface area contributed by atoms with Crippen LogP contribution in [0.3, 0.4) is 0 Å². The number of hydrogen-bond acceptors (Lipinski definition) is 2. The number of anilines is 1. The van der Waals surface area contributed by atoms with Crippen LogP contribution < -0.4 is 5.73 Å². The molecule has 3 rings (SSSR count). The molecule has 0 atom stereocenters. The highest BCUT2D eigenvalue weighted by atomic mass is 14.8. The largest absolute Gasteiger partial charge is 0.398 e. The number of aromatic nitrogens is 1. The molecule has 1 aromatic rings. The average Bonchev–Trinajstić information content (AvgIpc) is 2.66. The van der Waals surface area contributed by atoms with Crippen LogP contribution >= 0.6 is 0 Å². The van der Waals surface area contributed by atoms with Gasteiger partial charge < -0.3 is 5.73 Å². The van der Waals surface area contributed by atoms with E-state index in [4.69, 9.17) is 10.7 Å². The highest BCUT2D eigenvalue weighted by Gasteiger charge is 2.22. The summed E-state index contributed by atoms with van der Waals surface area (Å²) in [4.78, 5) is 4.74. The second-order valence-corrected chi connectivity index (χ2v) is 4.26. The van der Waals surface area contributed by atoms with E-state index in [0.717, 1.165) is 37.6 Å². The standard InChI is InChI=1S/C11H14BN2/c13-11-7-2-1-3-9(7)14-10-6-12-5-4-8(10)11/h1-6H2,(H2,13,14). The Balaban J connectivity index is 2.20. The summed E-state index contributed by atoms with van der Waals surface area (Å²) in [7, 11) is 2.32. The van der Waals surface area contributed by atoms with E-state index in [1.54, 1.807) is 0 Å². The minimum Gasteiger partial charge on any atom is -0.398 e. The molecule has 2 heterocycles. The van der Waals surface area contributed by atoms with Gasteiger partial charge in [-0.2, -0.15) is 0 Å². The van der Waals surface area contributed by atoms with E-state index >= 15 is 0 Å². The molecule has 1 aromatic heterocycles. The number of rotatable bonds is 0. The van der Waals surface area contributed by atoms with Crippen molar-refractivity contribution in [1.29, 1.82) is 0 Å². The third-order valence-electron chi connectivity index (χ3n) is 3.39. The fourth-order valence-electron chi connectivity index (χ4n) is 2.64. The number of pyridine rings is 1. The van der Waals surface area contributed by atoms with Gasteiger partial charge >= 0.3 is 0 Å². The molecule has 1 radical (unpaired) electrons. The maximum atomic E-state index is 6.20. The van der Waals surface area contributed by atoms with Gasteiger partial charge in [-0.25, -0.2) is 0 Å². The minimum absolute atomic E-state index is 1.02. The van der Waals surface area contributed by atoms with E-state index in [0.29, 0.717) is 0 Å². The van der Waals surface area contributed by atoms with Gasteiger partial charge in [0.15, 0.2) is 0 Å². The van der Waals surface area contributed by atoms with Crippen molar-refractivity contribution in [2.24, 2.45) is 0 Å². The van der Waals surface area contributed by atoms with Crippen LogP contribution in [0.15, 0.2) is 0 Å². The van der Waals surface area contributed by atoms with Crippen molar-refractivity contribution in [3.8, 4) is 0 Å². The van der Waals surface area contributed by atoms with E-state index in [2.05, 4.69) is 7.28 Å². The lowest BCUT2D eigenvalue weighted by Gasteiger charge is -2.18. The van der Waals surface area contributed by atoms with Crippen LogP contribution in [0.2, 0.25) is 6.32 Å². The number of nitrogens with two attached hydrogens (primary N) is 1. The first-order chi connectivity index (χ1) is 6.86. The number of nitrogens with zero attached hydrogens (tertiary/aromatic N) is 1. The molecule has 14 heavy (non-hydrogen) atoms. The molecule has 0 saturated heterocycles. The fraction of sp³-hybridized carbons (Fsp3) is 0.545. The molecular formula is C11H14BN2. The number of fused-ring (bicyclic) bond motifs is 2. The van der Waals surface area contributed by atoms with Crippen LogP contribution in [0.5, 0.6) is 0 Å². The quantitative estimate of drug-likeness (QED) is 0.619. The summed E-state index contributed by atoms with van der Waals surface area (Å²) in [5.74, 6) is 0. The maximum absolute atomic E-state index is 6.20. The van der Waals surface area contributed by atoms with Crippen LogP contribution in [0.4, 0.5) is 5.69 Å². The van der Waals surface area contributed by atoms with E-state index < -0.39 is 0 Å². The molecule has 2 nitrogen and oxygen atoms in total. The number of hydrogen-bond donors (Lipinski definition) is 1. The molecule has 0 bridgehead atoms. The molecule has 71 valence electrons. The Bertz CT molecular complexity index is 387. The maximum Gasteiger partial charge on any atom is 0.117 e. The van der Waals surface area contributed by atoms with Gasteiger partial charge in [-0.05, 0) is 43.1 Å². The zero-order chi connectivity index (χ0) is 9.54. The van der Waals surface area contributed by atoms with Crippen LogP contribution in [0.25, 0.3) is 0 Å². The topological polar surface area (TPSA) is 38.9 Å². The van der Waals surface area contributed by atoms with Crippen LogP contribution in [-0.4, -0.2) is 12.3 Å². The van der Waals surface area contributed by atoms with Gasteiger partial charge in [0.25, 0.3) is 0 Å². The van der Waals surface area contributed by atoms with Crippen molar-refractivity contribution < 1.29 is 0 Å². The highest BCUT2D eigenvalue weighted by molar-refractivity contribution is 6.35. The SMILES string of the molecule is Nc1c2c(nc3c1CCC3)C[B]CC2. The monoisotopic (exact) mass is 185 g/mol. The Labute approximate surface area is 85.2 Å². The lowest BCUT2D eigenvalue weighted by Crippen LogP contribution is -2.15. The minimum atomic E-state index is 1.02. The van der Waals surface area contributed by atoms with E-state index in [9.17, 15) is 0 Å². The lowest BCUT2D eigenvalue weighted by atomic mass is 9.63. The second-order valence-electron chi connectivity index (χ2n) is 4.26. The third kappa shape index (κ3) is 1.08. The van der Waals surface area contributed by atoms with Gasteiger partial charge in [-0.15, -0.1) is 0 Å². The molecule has 0 fully saturated rings. The van der Waals surface area contributed by atoms with Gasteiger partial charge in [-0.3, -0.25) is 4.98 Å². The Kier molecular flexibility index (Phi) is 1.79. The summed E-state index contributed by atoms with van der Waals surface area (Å²) in [6.45, 7) is 0. The van der Waals surface area contributed by atoms with E-state index in [-0.39, 0.29) is 0 Å². The zero-order valence-corrected chi connectivity index (χ0v) is 8.34. The Hall–Kier alpha value is -0.985.